The number of likely N-dealkylation sites (tertiary alicyclic amines) is 1. The van der Waals surface area contributed by atoms with Crippen LogP contribution in [0.4, 0.5) is 0 Å². The Morgan fingerprint density at radius 3 is 2.57 bits per heavy atom. The third-order valence-electron chi connectivity index (χ3n) is 6.80. The molecular weight excluding hydrogens is 380 g/mol. The molecule has 1 aromatic carbocycles. The summed E-state index contributed by atoms with van der Waals surface area (Å²) in [5.41, 5.74) is 6.78. The third kappa shape index (κ3) is 4.92. The van der Waals surface area contributed by atoms with Crippen LogP contribution in [0.2, 0.25) is 0 Å². The van der Waals surface area contributed by atoms with Crippen LogP contribution < -0.4 is 15.2 Å². The summed E-state index contributed by atoms with van der Waals surface area (Å²) in [6, 6.07) is 5.47. The van der Waals surface area contributed by atoms with E-state index in [1.54, 1.807) is 7.11 Å². The number of aliphatic hydroxyl groups excluding tert-OH is 1. The van der Waals surface area contributed by atoms with Crippen LogP contribution in [0.25, 0.3) is 0 Å². The van der Waals surface area contributed by atoms with Crippen LogP contribution in [0, 0.1) is 17.3 Å². The summed E-state index contributed by atoms with van der Waals surface area (Å²) in [6.07, 6.45) is 2.53. The van der Waals surface area contributed by atoms with E-state index < -0.39 is 17.6 Å². The monoisotopic (exact) mass is 418 g/mol. The largest absolute Gasteiger partial charge is 0.493 e. The number of aliphatic hydroxyl groups is 1. The van der Waals surface area contributed by atoms with Gasteiger partial charge in [-0.15, -0.1) is 0 Å². The summed E-state index contributed by atoms with van der Waals surface area (Å²) in [7, 11) is 1.64. The van der Waals surface area contributed by atoms with E-state index in [9.17, 15) is 9.90 Å². The maximum atomic E-state index is 13.0. The van der Waals surface area contributed by atoms with Crippen molar-refractivity contribution in [1.82, 2.24) is 4.90 Å². The van der Waals surface area contributed by atoms with Crippen molar-refractivity contribution >= 4 is 5.91 Å². The molecular formula is C24H38N2O4. The quantitative estimate of drug-likeness (QED) is 0.643. The third-order valence-corrected chi connectivity index (χ3v) is 6.80. The second kappa shape index (κ2) is 9.15. The zero-order valence-corrected chi connectivity index (χ0v) is 19.1. The number of ether oxygens (including phenoxy) is 2. The Morgan fingerprint density at radius 2 is 2.00 bits per heavy atom. The Morgan fingerprint density at radius 1 is 1.30 bits per heavy atom. The van der Waals surface area contributed by atoms with E-state index in [1.165, 1.54) is 12.8 Å². The minimum atomic E-state index is -0.570. The van der Waals surface area contributed by atoms with E-state index in [-0.39, 0.29) is 11.8 Å². The Balaban J connectivity index is 1.84. The van der Waals surface area contributed by atoms with Gasteiger partial charge in [-0.05, 0) is 55.7 Å². The molecule has 1 aromatic rings. The lowest BCUT2D eigenvalue weighted by Crippen LogP contribution is -2.45. The van der Waals surface area contributed by atoms with Crippen LogP contribution in [0.1, 0.15) is 58.4 Å². The van der Waals surface area contributed by atoms with Crippen LogP contribution in [0.5, 0.6) is 11.5 Å². The Kier molecular flexibility index (Phi) is 6.98. The first-order valence-corrected chi connectivity index (χ1v) is 11.2. The Bertz CT molecular complexity index is 747. The molecule has 0 spiro atoms. The SMILES string of the molecule is COc1ccc([C@@H]2CN(C(=O)[C@H](N)CC(C)C)C[C@@]2(C)[C@@H](C)O)cc1OCC1CC1. The molecule has 30 heavy (non-hydrogen) atoms. The number of hydrogen-bond acceptors (Lipinski definition) is 5. The molecule has 0 unspecified atom stereocenters. The van der Waals surface area contributed by atoms with E-state index in [0.29, 0.717) is 43.7 Å². The van der Waals surface area contributed by atoms with Crippen molar-refractivity contribution in [3.63, 3.8) is 0 Å². The average Bonchev–Trinajstić information content (AvgIpc) is 3.45. The molecule has 6 heteroatoms. The number of rotatable bonds is 9. The minimum absolute atomic E-state index is 0.0121. The van der Waals surface area contributed by atoms with Crippen molar-refractivity contribution < 1.29 is 19.4 Å². The maximum Gasteiger partial charge on any atom is 0.239 e. The summed E-state index contributed by atoms with van der Waals surface area (Å²) < 4.78 is 11.5. The molecule has 2 aliphatic rings. The first kappa shape index (κ1) is 22.9. The fraction of sp³-hybridized carbons (Fsp3) is 0.708. The zero-order valence-electron chi connectivity index (χ0n) is 19.1. The highest BCUT2D eigenvalue weighted by Gasteiger charge is 2.49. The second-order valence-electron chi connectivity index (χ2n) is 9.85. The summed E-state index contributed by atoms with van der Waals surface area (Å²) in [5, 5.41) is 10.7. The number of hydrogen-bond donors (Lipinski definition) is 2. The van der Waals surface area contributed by atoms with E-state index in [2.05, 4.69) is 20.8 Å². The summed E-state index contributed by atoms with van der Waals surface area (Å²) in [4.78, 5) is 14.8. The molecule has 0 radical (unpaired) electrons. The number of amides is 1. The van der Waals surface area contributed by atoms with Gasteiger partial charge >= 0.3 is 0 Å². The lowest BCUT2D eigenvalue weighted by Gasteiger charge is -2.34. The minimum Gasteiger partial charge on any atom is -0.493 e. The molecule has 1 aliphatic heterocycles. The van der Waals surface area contributed by atoms with Crippen LogP contribution in [0.3, 0.4) is 0 Å². The van der Waals surface area contributed by atoms with Gasteiger partial charge in [0, 0.05) is 24.4 Å². The zero-order chi connectivity index (χ0) is 22.1. The van der Waals surface area contributed by atoms with Gasteiger partial charge in [0.2, 0.25) is 5.91 Å². The van der Waals surface area contributed by atoms with E-state index in [4.69, 9.17) is 15.2 Å². The van der Waals surface area contributed by atoms with Crippen molar-refractivity contribution in [2.24, 2.45) is 23.0 Å². The predicted molar refractivity (Wildman–Crippen MR) is 118 cm³/mol. The molecule has 0 bridgehead atoms. The number of methoxy groups -OCH3 is 1. The van der Waals surface area contributed by atoms with E-state index >= 15 is 0 Å². The second-order valence-corrected chi connectivity index (χ2v) is 9.85. The fourth-order valence-corrected chi connectivity index (χ4v) is 4.45. The highest BCUT2D eigenvalue weighted by Crippen LogP contribution is 2.47. The molecule has 0 aromatic heterocycles. The molecule has 168 valence electrons. The van der Waals surface area contributed by atoms with Gasteiger partial charge in [0.1, 0.15) is 0 Å². The average molecular weight is 419 g/mol. The number of carbonyl (C=O) groups excluding carboxylic acids is 1. The molecule has 1 saturated heterocycles. The molecule has 1 aliphatic carbocycles. The van der Waals surface area contributed by atoms with Crippen LogP contribution in [0.15, 0.2) is 18.2 Å². The summed E-state index contributed by atoms with van der Waals surface area (Å²) >= 11 is 0. The summed E-state index contributed by atoms with van der Waals surface area (Å²) in [6.45, 7) is 9.74. The smallest absolute Gasteiger partial charge is 0.239 e. The van der Waals surface area contributed by atoms with Crippen molar-refractivity contribution in [2.45, 2.75) is 65.0 Å². The van der Waals surface area contributed by atoms with Crippen LogP contribution in [-0.4, -0.2) is 54.9 Å². The molecule has 1 saturated carbocycles. The van der Waals surface area contributed by atoms with Gasteiger partial charge in [-0.1, -0.05) is 26.8 Å². The molecule has 4 atom stereocenters. The lowest BCUT2D eigenvalue weighted by molar-refractivity contribution is -0.132. The fourth-order valence-electron chi connectivity index (χ4n) is 4.45. The molecule has 6 nitrogen and oxygen atoms in total. The first-order valence-electron chi connectivity index (χ1n) is 11.2. The molecule has 1 amide bonds. The number of carbonyl (C=O) groups is 1. The summed E-state index contributed by atoms with van der Waals surface area (Å²) in [5.74, 6) is 2.40. The highest BCUT2D eigenvalue weighted by atomic mass is 16.5. The van der Waals surface area contributed by atoms with Gasteiger partial charge in [-0.3, -0.25) is 4.79 Å². The normalized spacial score (nSPS) is 26.0. The van der Waals surface area contributed by atoms with Gasteiger partial charge in [0.05, 0.1) is 25.9 Å². The van der Waals surface area contributed by atoms with Crippen molar-refractivity contribution in [3.8, 4) is 11.5 Å². The number of nitrogens with two attached hydrogens (primary N) is 1. The van der Waals surface area contributed by atoms with Crippen LogP contribution >= 0.6 is 0 Å². The molecule has 2 fully saturated rings. The van der Waals surface area contributed by atoms with Gasteiger partial charge in [0.25, 0.3) is 0 Å². The Labute approximate surface area is 180 Å². The van der Waals surface area contributed by atoms with Gasteiger partial charge < -0.3 is 25.2 Å². The molecule has 3 N–H and O–H groups in total. The van der Waals surface area contributed by atoms with Crippen molar-refractivity contribution in [1.29, 1.82) is 0 Å². The van der Waals surface area contributed by atoms with E-state index in [0.717, 1.165) is 11.3 Å². The van der Waals surface area contributed by atoms with Gasteiger partial charge in [-0.2, -0.15) is 0 Å². The molecule has 1 heterocycles. The Hall–Kier alpha value is -1.79. The highest BCUT2D eigenvalue weighted by molar-refractivity contribution is 5.82. The predicted octanol–water partition coefficient (Wildman–Crippen LogP) is 3.17. The standard InChI is InChI=1S/C24H38N2O4/c1-15(2)10-20(25)23(28)26-12-19(24(4,14-26)16(3)27)18-8-9-21(29-5)22(11-18)30-13-17-6-7-17/h8-9,11,15-17,19-20,27H,6-7,10,12-14,25H2,1-5H3/t16-,19+,20-,24+/m1/s1. The number of benzene rings is 1. The number of nitrogens with zero attached hydrogens (tertiary/aromatic N) is 1. The van der Waals surface area contributed by atoms with Gasteiger partial charge in [-0.25, -0.2) is 0 Å². The topological polar surface area (TPSA) is 85.0 Å². The first-order chi connectivity index (χ1) is 14.2. The maximum absolute atomic E-state index is 13.0. The lowest BCUT2D eigenvalue weighted by atomic mass is 9.72. The van der Waals surface area contributed by atoms with Gasteiger partial charge in [0.15, 0.2) is 11.5 Å². The van der Waals surface area contributed by atoms with Crippen LogP contribution in [-0.2, 0) is 4.79 Å². The van der Waals surface area contributed by atoms with Crippen molar-refractivity contribution in [3.05, 3.63) is 23.8 Å². The van der Waals surface area contributed by atoms with E-state index in [1.807, 2.05) is 30.0 Å². The van der Waals surface area contributed by atoms with Crippen molar-refractivity contribution in [2.75, 3.05) is 26.8 Å². The molecule has 3 rings (SSSR count).